The Morgan fingerprint density at radius 2 is 2.27 bits per heavy atom. The monoisotopic (exact) mass is 233 g/mol. The van der Waals surface area contributed by atoms with Gasteiger partial charge in [0.05, 0.1) is 11.7 Å². The van der Waals surface area contributed by atoms with Crippen LogP contribution in [0.2, 0.25) is 0 Å². The highest BCUT2D eigenvalue weighted by Gasteiger charge is 2.32. The molecule has 3 nitrogen and oxygen atoms in total. The molecular formula is C11H23NO2S. The van der Waals surface area contributed by atoms with E-state index in [0.29, 0.717) is 11.5 Å². The molecule has 1 aliphatic rings. The molecule has 0 aromatic heterocycles. The molecule has 4 heteroatoms. The van der Waals surface area contributed by atoms with Gasteiger partial charge in [-0.1, -0.05) is 6.92 Å². The summed E-state index contributed by atoms with van der Waals surface area (Å²) < 4.78 is 17.5. The third-order valence-electron chi connectivity index (χ3n) is 2.85. The maximum atomic E-state index is 11.7. The Morgan fingerprint density at radius 1 is 1.60 bits per heavy atom. The molecule has 2 N–H and O–H groups in total. The molecule has 1 heterocycles. The van der Waals surface area contributed by atoms with Gasteiger partial charge in [0.25, 0.3) is 0 Å². The molecule has 1 saturated heterocycles. The Hall–Kier alpha value is 0.0700. The van der Waals surface area contributed by atoms with Crippen LogP contribution in [0.3, 0.4) is 0 Å². The van der Waals surface area contributed by atoms with Gasteiger partial charge in [-0.3, -0.25) is 4.21 Å². The molecule has 0 aliphatic carbocycles. The number of hydrogen-bond acceptors (Lipinski definition) is 3. The van der Waals surface area contributed by atoms with Crippen LogP contribution in [0, 0.1) is 0 Å². The van der Waals surface area contributed by atoms with Gasteiger partial charge >= 0.3 is 0 Å². The molecule has 1 fully saturated rings. The Morgan fingerprint density at radius 3 is 2.73 bits per heavy atom. The van der Waals surface area contributed by atoms with Crippen molar-refractivity contribution >= 4 is 10.8 Å². The zero-order valence-electron chi connectivity index (χ0n) is 9.99. The van der Waals surface area contributed by atoms with Gasteiger partial charge in [-0.2, -0.15) is 0 Å². The summed E-state index contributed by atoms with van der Waals surface area (Å²) >= 11 is 0. The van der Waals surface area contributed by atoms with E-state index in [0.717, 1.165) is 19.3 Å². The smallest absolute Gasteiger partial charge is 0.0698 e. The fraction of sp³-hybridized carbons (Fsp3) is 1.00. The summed E-state index contributed by atoms with van der Waals surface area (Å²) in [6, 6.07) is 0.0697. The van der Waals surface area contributed by atoms with E-state index in [9.17, 15) is 4.21 Å². The van der Waals surface area contributed by atoms with Crippen molar-refractivity contribution in [1.82, 2.24) is 0 Å². The van der Waals surface area contributed by atoms with Crippen LogP contribution in [0.25, 0.3) is 0 Å². The van der Waals surface area contributed by atoms with Crippen molar-refractivity contribution in [3.05, 3.63) is 0 Å². The second-order valence-corrected chi connectivity index (χ2v) is 6.53. The van der Waals surface area contributed by atoms with E-state index in [-0.39, 0.29) is 17.7 Å². The maximum absolute atomic E-state index is 11.7. The Bertz CT molecular complexity index is 231. The van der Waals surface area contributed by atoms with Crippen LogP contribution in [-0.4, -0.2) is 33.5 Å². The molecule has 0 spiro atoms. The normalized spacial score (nSPS) is 28.9. The summed E-state index contributed by atoms with van der Waals surface area (Å²) in [7, 11) is -0.823. The first-order chi connectivity index (χ1) is 6.93. The van der Waals surface area contributed by atoms with Crippen molar-refractivity contribution in [2.45, 2.75) is 57.8 Å². The van der Waals surface area contributed by atoms with Gasteiger partial charge < -0.3 is 10.5 Å². The highest BCUT2D eigenvalue weighted by atomic mass is 32.2. The second kappa shape index (κ2) is 5.41. The van der Waals surface area contributed by atoms with Gasteiger partial charge in [-0.25, -0.2) is 0 Å². The molecule has 0 aromatic rings. The standard InChI is InChI=1S/C11H23NO2S/c1-4-9(12)7-15(13)8-10-5-6-11(2,3)14-10/h9-10H,4-8,12H2,1-3H3. The highest BCUT2D eigenvalue weighted by molar-refractivity contribution is 7.85. The van der Waals surface area contributed by atoms with Crippen LogP contribution in [0.1, 0.15) is 40.0 Å². The lowest BCUT2D eigenvalue weighted by Crippen LogP contribution is -2.30. The van der Waals surface area contributed by atoms with E-state index in [4.69, 9.17) is 10.5 Å². The minimum atomic E-state index is -0.823. The zero-order chi connectivity index (χ0) is 11.5. The second-order valence-electron chi connectivity index (χ2n) is 4.98. The van der Waals surface area contributed by atoms with E-state index in [1.807, 2.05) is 6.92 Å². The van der Waals surface area contributed by atoms with Crippen LogP contribution in [0.4, 0.5) is 0 Å². The summed E-state index contributed by atoms with van der Waals surface area (Å²) in [6.45, 7) is 6.21. The summed E-state index contributed by atoms with van der Waals surface area (Å²) in [5.74, 6) is 1.26. The highest BCUT2D eigenvalue weighted by Crippen LogP contribution is 2.29. The van der Waals surface area contributed by atoms with Gasteiger partial charge in [0.1, 0.15) is 0 Å². The van der Waals surface area contributed by atoms with Crippen LogP contribution in [-0.2, 0) is 15.5 Å². The van der Waals surface area contributed by atoms with Crippen molar-refractivity contribution < 1.29 is 8.95 Å². The minimum absolute atomic E-state index is 0.0261. The summed E-state index contributed by atoms with van der Waals surface area (Å²) in [5, 5.41) is 0. The average Bonchev–Trinajstić information content (AvgIpc) is 2.44. The van der Waals surface area contributed by atoms with Crippen LogP contribution >= 0.6 is 0 Å². The molecule has 0 bridgehead atoms. The largest absolute Gasteiger partial charge is 0.371 e. The third-order valence-corrected chi connectivity index (χ3v) is 4.39. The molecule has 0 saturated carbocycles. The van der Waals surface area contributed by atoms with Gasteiger partial charge in [0.2, 0.25) is 0 Å². The van der Waals surface area contributed by atoms with E-state index in [2.05, 4.69) is 13.8 Å². The quantitative estimate of drug-likeness (QED) is 0.781. The number of rotatable bonds is 5. The van der Waals surface area contributed by atoms with Gasteiger partial charge in [0.15, 0.2) is 0 Å². The molecule has 0 aromatic carbocycles. The van der Waals surface area contributed by atoms with Crippen molar-refractivity contribution in [2.24, 2.45) is 5.73 Å². The number of ether oxygens (including phenoxy) is 1. The molecule has 3 unspecified atom stereocenters. The lowest BCUT2D eigenvalue weighted by Gasteiger charge is -2.19. The predicted molar refractivity (Wildman–Crippen MR) is 64.3 cm³/mol. The third kappa shape index (κ3) is 4.62. The maximum Gasteiger partial charge on any atom is 0.0698 e. The average molecular weight is 233 g/mol. The fourth-order valence-electron chi connectivity index (χ4n) is 1.83. The molecule has 3 atom stereocenters. The molecule has 1 aliphatic heterocycles. The lowest BCUT2D eigenvalue weighted by atomic mass is 10.1. The molecule has 0 amide bonds. The van der Waals surface area contributed by atoms with Crippen molar-refractivity contribution in [3.63, 3.8) is 0 Å². The van der Waals surface area contributed by atoms with Gasteiger partial charge in [0, 0.05) is 28.3 Å². The Kier molecular flexibility index (Phi) is 4.74. The lowest BCUT2D eigenvalue weighted by molar-refractivity contribution is -0.00498. The van der Waals surface area contributed by atoms with E-state index < -0.39 is 10.8 Å². The number of nitrogens with two attached hydrogens (primary N) is 1. The summed E-state index contributed by atoms with van der Waals surface area (Å²) in [5.41, 5.74) is 5.74. The first-order valence-electron chi connectivity index (χ1n) is 5.71. The van der Waals surface area contributed by atoms with Crippen molar-refractivity contribution in [2.75, 3.05) is 11.5 Å². The summed E-state index contributed by atoms with van der Waals surface area (Å²) in [4.78, 5) is 0. The van der Waals surface area contributed by atoms with Crippen LogP contribution in [0.15, 0.2) is 0 Å². The van der Waals surface area contributed by atoms with Crippen molar-refractivity contribution in [3.8, 4) is 0 Å². The molecule has 15 heavy (non-hydrogen) atoms. The summed E-state index contributed by atoms with van der Waals surface area (Å²) in [6.07, 6.45) is 3.15. The first kappa shape index (κ1) is 13.1. The zero-order valence-corrected chi connectivity index (χ0v) is 10.8. The van der Waals surface area contributed by atoms with E-state index in [1.165, 1.54) is 0 Å². The molecular weight excluding hydrogens is 210 g/mol. The Labute approximate surface area is 95.2 Å². The minimum Gasteiger partial charge on any atom is -0.371 e. The molecule has 1 rings (SSSR count). The predicted octanol–water partition coefficient (Wildman–Crippen LogP) is 1.43. The number of hydrogen-bond donors (Lipinski definition) is 1. The topological polar surface area (TPSA) is 52.3 Å². The van der Waals surface area contributed by atoms with Crippen molar-refractivity contribution in [1.29, 1.82) is 0 Å². The SMILES string of the molecule is CCC(N)CS(=O)CC1CCC(C)(C)O1. The van der Waals surface area contributed by atoms with Crippen LogP contribution in [0.5, 0.6) is 0 Å². The fourth-order valence-corrected chi connectivity index (χ4v) is 3.33. The Balaban J connectivity index is 2.28. The molecule has 90 valence electrons. The van der Waals surface area contributed by atoms with Gasteiger partial charge in [-0.05, 0) is 33.1 Å². The van der Waals surface area contributed by atoms with E-state index >= 15 is 0 Å². The molecule has 0 radical (unpaired) electrons. The van der Waals surface area contributed by atoms with Crippen LogP contribution < -0.4 is 5.73 Å². The van der Waals surface area contributed by atoms with E-state index in [1.54, 1.807) is 0 Å². The van der Waals surface area contributed by atoms with Gasteiger partial charge in [-0.15, -0.1) is 0 Å². The first-order valence-corrected chi connectivity index (χ1v) is 7.20.